The van der Waals surface area contributed by atoms with E-state index in [1.54, 1.807) is 18.2 Å². The lowest BCUT2D eigenvalue weighted by Crippen LogP contribution is -2.29. The van der Waals surface area contributed by atoms with E-state index in [9.17, 15) is 17.6 Å². The number of methoxy groups -OCH3 is 1. The summed E-state index contributed by atoms with van der Waals surface area (Å²) >= 11 is 5.82. The number of hydrogen-bond acceptors (Lipinski definition) is 4. The minimum atomic E-state index is -3.85. The number of ether oxygens (including phenoxy) is 1. The second kappa shape index (κ2) is 10.5. The fourth-order valence-corrected chi connectivity index (χ4v) is 4.18. The highest BCUT2D eigenvalue weighted by Crippen LogP contribution is 2.25. The van der Waals surface area contributed by atoms with E-state index in [4.69, 9.17) is 11.6 Å². The number of nitrogens with one attached hydrogen (secondary N) is 1. The van der Waals surface area contributed by atoms with Crippen molar-refractivity contribution in [3.05, 3.63) is 64.9 Å². The van der Waals surface area contributed by atoms with Crippen molar-refractivity contribution >= 4 is 27.6 Å². The Balaban J connectivity index is 2.11. The van der Waals surface area contributed by atoms with Crippen molar-refractivity contribution < 1.29 is 22.3 Å². The lowest BCUT2D eigenvalue weighted by molar-refractivity contribution is -0.140. The molecule has 1 unspecified atom stereocenters. The first-order chi connectivity index (χ1) is 13.3. The maximum atomic E-state index is 14.3. The van der Waals surface area contributed by atoms with E-state index < -0.39 is 21.9 Å². The molecule has 0 aliphatic carbocycles. The van der Waals surface area contributed by atoms with Crippen LogP contribution in [0.3, 0.4) is 0 Å². The summed E-state index contributed by atoms with van der Waals surface area (Å²) < 4.78 is 46.9. The number of rotatable bonds is 10. The van der Waals surface area contributed by atoms with Crippen LogP contribution in [0.4, 0.5) is 4.39 Å². The van der Waals surface area contributed by atoms with E-state index in [0.717, 1.165) is 0 Å². The highest BCUT2D eigenvalue weighted by molar-refractivity contribution is 7.89. The van der Waals surface area contributed by atoms with Crippen LogP contribution in [-0.4, -0.2) is 21.5 Å². The van der Waals surface area contributed by atoms with Gasteiger partial charge in [0.2, 0.25) is 10.0 Å². The third kappa shape index (κ3) is 6.58. The van der Waals surface area contributed by atoms with Gasteiger partial charge in [-0.3, -0.25) is 4.79 Å². The molecule has 0 aromatic heterocycles. The van der Waals surface area contributed by atoms with Crippen LogP contribution in [0.5, 0.6) is 0 Å². The molecule has 0 spiro atoms. The molecule has 0 saturated heterocycles. The Morgan fingerprint density at radius 1 is 1.11 bits per heavy atom. The Morgan fingerprint density at radius 3 is 2.43 bits per heavy atom. The summed E-state index contributed by atoms with van der Waals surface area (Å²) in [5, 5.41) is 0.426. The highest BCUT2D eigenvalue weighted by atomic mass is 35.5. The molecule has 0 radical (unpaired) electrons. The molecule has 2 aromatic carbocycles. The van der Waals surface area contributed by atoms with Crippen molar-refractivity contribution in [2.75, 3.05) is 7.11 Å². The van der Waals surface area contributed by atoms with Crippen molar-refractivity contribution in [1.29, 1.82) is 0 Å². The number of carbonyl (C=O) groups is 1. The van der Waals surface area contributed by atoms with Gasteiger partial charge >= 0.3 is 5.97 Å². The van der Waals surface area contributed by atoms with Crippen LogP contribution < -0.4 is 4.72 Å². The number of halogens is 2. The molecule has 1 atom stereocenters. The van der Waals surface area contributed by atoms with Crippen molar-refractivity contribution in [2.45, 2.75) is 43.0 Å². The molecule has 28 heavy (non-hydrogen) atoms. The fraction of sp³-hybridized carbons (Fsp3) is 0.350. The first-order valence-electron chi connectivity index (χ1n) is 8.92. The van der Waals surface area contributed by atoms with Crippen LogP contribution in [0, 0.1) is 5.82 Å². The van der Waals surface area contributed by atoms with E-state index in [1.165, 1.54) is 37.4 Å². The maximum absolute atomic E-state index is 14.3. The largest absolute Gasteiger partial charge is 0.469 e. The van der Waals surface area contributed by atoms with Gasteiger partial charge in [-0.1, -0.05) is 42.6 Å². The third-order valence-corrected chi connectivity index (χ3v) is 6.04. The zero-order valence-corrected chi connectivity index (χ0v) is 17.1. The second-order valence-electron chi connectivity index (χ2n) is 6.32. The summed E-state index contributed by atoms with van der Waals surface area (Å²) in [7, 11) is -2.52. The number of unbranched alkanes of at least 4 members (excludes halogenated alkanes) is 2. The lowest BCUT2D eigenvalue weighted by atomic mass is 10.0. The molecule has 8 heteroatoms. The monoisotopic (exact) mass is 427 g/mol. The molecule has 0 saturated carbocycles. The van der Waals surface area contributed by atoms with Crippen LogP contribution in [-0.2, 0) is 19.6 Å². The van der Waals surface area contributed by atoms with Crippen molar-refractivity contribution in [3.8, 4) is 0 Å². The van der Waals surface area contributed by atoms with Crippen molar-refractivity contribution in [3.63, 3.8) is 0 Å². The number of sulfonamides is 1. The topological polar surface area (TPSA) is 72.5 Å². The summed E-state index contributed by atoms with van der Waals surface area (Å²) in [6.07, 6.45) is 2.65. The average Bonchev–Trinajstić information content (AvgIpc) is 2.67. The number of benzene rings is 2. The molecule has 1 N–H and O–H groups in total. The fourth-order valence-electron chi connectivity index (χ4n) is 2.80. The zero-order chi connectivity index (χ0) is 20.6. The average molecular weight is 428 g/mol. The Kier molecular flexibility index (Phi) is 8.41. The summed E-state index contributed by atoms with van der Waals surface area (Å²) in [6.45, 7) is 0. The van der Waals surface area contributed by atoms with Crippen LogP contribution in [0.2, 0.25) is 5.02 Å². The minimum Gasteiger partial charge on any atom is -0.469 e. The third-order valence-electron chi connectivity index (χ3n) is 4.30. The molecular weight excluding hydrogens is 405 g/mol. The maximum Gasteiger partial charge on any atom is 0.305 e. The second-order valence-corrected chi connectivity index (χ2v) is 8.48. The summed E-state index contributed by atoms with van der Waals surface area (Å²) in [5.74, 6) is -0.755. The molecule has 0 bridgehead atoms. The van der Waals surface area contributed by atoms with Gasteiger partial charge in [-0.15, -0.1) is 0 Å². The van der Waals surface area contributed by atoms with Crippen LogP contribution in [0.15, 0.2) is 53.4 Å². The predicted octanol–water partition coefficient (Wildman–Crippen LogP) is 4.62. The summed E-state index contributed by atoms with van der Waals surface area (Å²) in [6, 6.07) is 11.1. The van der Waals surface area contributed by atoms with E-state index in [1.807, 2.05) is 0 Å². The first kappa shape index (κ1) is 22.3. The van der Waals surface area contributed by atoms with Gasteiger partial charge < -0.3 is 4.74 Å². The molecule has 0 aliphatic heterocycles. The lowest BCUT2D eigenvalue weighted by Gasteiger charge is -2.20. The Morgan fingerprint density at radius 2 is 1.79 bits per heavy atom. The van der Waals surface area contributed by atoms with Gasteiger partial charge in [-0.05, 0) is 43.2 Å². The molecule has 152 valence electrons. The van der Waals surface area contributed by atoms with Crippen molar-refractivity contribution in [1.82, 2.24) is 4.72 Å². The first-order valence-corrected chi connectivity index (χ1v) is 10.8. The highest BCUT2D eigenvalue weighted by Gasteiger charge is 2.23. The molecule has 0 amide bonds. The normalized spacial score (nSPS) is 12.5. The van der Waals surface area contributed by atoms with E-state index in [2.05, 4.69) is 9.46 Å². The van der Waals surface area contributed by atoms with Gasteiger partial charge in [0.1, 0.15) is 5.82 Å². The Hall–Kier alpha value is -1.96. The van der Waals surface area contributed by atoms with Gasteiger partial charge in [-0.25, -0.2) is 17.5 Å². The smallest absolute Gasteiger partial charge is 0.305 e. The molecular formula is C20H23ClFNO4S. The minimum absolute atomic E-state index is 0.0592. The number of esters is 1. The van der Waals surface area contributed by atoms with Gasteiger partial charge in [0, 0.05) is 23.0 Å². The van der Waals surface area contributed by atoms with Crippen LogP contribution in [0.25, 0.3) is 0 Å². The molecule has 2 aromatic rings. The van der Waals surface area contributed by atoms with Crippen LogP contribution in [0.1, 0.15) is 43.7 Å². The van der Waals surface area contributed by atoms with E-state index >= 15 is 0 Å². The van der Waals surface area contributed by atoms with Gasteiger partial charge in [-0.2, -0.15) is 0 Å². The summed E-state index contributed by atoms with van der Waals surface area (Å²) in [4.78, 5) is 11.2. The van der Waals surface area contributed by atoms with Crippen molar-refractivity contribution in [2.24, 2.45) is 0 Å². The molecule has 5 nitrogen and oxygen atoms in total. The van der Waals surface area contributed by atoms with Crippen LogP contribution >= 0.6 is 11.6 Å². The zero-order valence-electron chi connectivity index (χ0n) is 15.5. The molecule has 0 heterocycles. The standard InChI is InChI=1S/C20H23ClFNO4S/c1-27-20(24)10-4-2-3-9-19(17-7-5-6-8-18(17)22)23-28(25,26)16-13-11-15(21)12-14-16/h5-8,11-14,19,23H,2-4,9-10H2,1H3. The SMILES string of the molecule is COC(=O)CCCCCC(NS(=O)(=O)c1ccc(Cl)cc1)c1ccccc1F. The Labute approximate surface area is 169 Å². The molecule has 0 fully saturated rings. The molecule has 2 rings (SSSR count). The van der Waals surface area contributed by atoms with E-state index in [-0.39, 0.29) is 16.4 Å². The number of carbonyl (C=O) groups excluding carboxylic acids is 1. The molecule has 0 aliphatic rings. The van der Waals surface area contributed by atoms with Gasteiger partial charge in [0.05, 0.1) is 12.0 Å². The van der Waals surface area contributed by atoms with Gasteiger partial charge in [0.25, 0.3) is 0 Å². The van der Waals surface area contributed by atoms with E-state index in [0.29, 0.717) is 37.1 Å². The quantitative estimate of drug-likeness (QED) is 0.443. The number of hydrogen-bond donors (Lipinski definition) is 1. The summed E-state index contributed by atoms with van der Waals surface area (Å²) in [5.41, 5.74) is 0.285. The predicted molar refractivity (Wildman–Crippen MR) is 106 cm³/mol. The Bertz CT molecular complexity index is 887. The van der Waals surface area contributed by atoms with Gasteiger partial charge in [0.15, 0.2) is 0 Å².